The fraction of sp³-hybridized carbons (Fsp3) is 0.333. The van der Waals surface area contributed by atoms with E-state index < -0.39 is 6.43 Å². The molecule has 0 aliphatic carbocycles. The molecule has 3 nitrogen and oxygen atoms in total. The lowest BCUT2D eigenvalue weighted by Gasteiger charge is -2.06. The van der Waals surface area contributed by atoms with Gasteiger partial charge in [-0.1, -0.05) is 0 Å². The first-order valence-electron chi connectivity index (χ1n) is 3.87. The Morgan fingerprint density at radius 1 is 1.64 bits per heavy atom. The van der Waals surface area contributed by atoms with E-state index in [4.69, 9.17) is 10.00 Å². The smallest absolute Gasteiger partial charge is 0.265 e. The van der Waals surface area contributed by atoms with E-state index in [2.05, 4.69) is 4.98 Å². The minimum absolute atomic E-state index is 0.0106. The Morgan fingerprint density at radius 3 is 2.86 bits per heavy atom. The van der Waals surface area contributed by atoms with Crippen LogP contribution in [0.3, 0.4) is 0 Å². The van der Waals surface area contributed by atoms with Gasteiger partial charge in [-0.3, -0.25) is 0 Å². The molecule has 0 N–H and O–H groups in total. The van der Waals surface area contributed by atoms with E-state index in [0.29, 0.717) is 5.56 Å². The second-order valence-corrected chi connectivity index (χ2v) is 2.57. The van der Waals surface area contributed by atoms with Gasteiger partial charge in [-0.25, -0.2) is 13.8 Å². The summed E-state index contributed by atoms with van der Waals surface area (Å²) in [4.78, 5) is 3.68. The van der Waals surface area contributed by atoms with Crippen molar-refractivity contribution in [3.63, 3.8) is 0 Å². The van der Waals surface area contributed by atoms with Gasteiger partial charge in [-0.15, -0.1) is 0 Å². The predicted molar refractivity (Wildman–Crippen MR) is 45.1 cm³/mol. The fourth-order valence-corrected chi connectivity index (χ4v) is 1.03. The molecule has 0 amide bonds. The molecule has 74 valence electrons. The van der Waals surface area contributed by atoms with Crippen molar-refractivity contribution in [2.45, 2.75) is 12.8 Å². The maximum atomic E-state index is 12.3. The molecule has 0 atom stereocenters. The van der Waals surface area contributed by atoms with Crippen LogP contribution in [0.5, 0.6) is 5.88 Å². The molecule has 0 aliphatic heterocycles. The highest BCUT2D eigenvalue weighted by atomic mass is 19.3. The van der Waals surface area contributed by atoms with Gasteiger partial charge in [0.05, 0.1) is 19.6 Å². The molecule has 0 radical (unpaired) electrons. The predicted octanol–water partition coefficient (Wildman–Crippen LogP) is 2.09. The van der Waals surface area contributed by atoms with Crippen molar-refractivity contribution in [2.24, 2.45) is 0 Å². The molecule has 1 heterocycles. The van der Waals surface area contributed by atoms with Crippen LogP contribution in [0.1, 0.15) is 17.6 Å². The monoisotopic (exact) mass is 198 g/mol. The Hall–Kier alpha value is -1.70. The number of alkyl halides is 2. The molecule has 0 aromatic carbocycles. The van der Waals surface area contributed by atoms with Gasteiger partial charge in [0.1, 0.15) is 0 Å². The van der Waals surface area contributed by atoms with Gasteiger partial charge >= 0.3 is 0 Å². The van der Waals surface area contributed by atoms with Crippen LogP contribution in [0.4, 0.5) is 8.78 Å². The number of hydrogen-bond donors (Lipinski definition) is 0. The zero-order valence-corrected chi connectivity index (χ0v) is 7.50. The number of pyridine rings is 1. The third-order valence-electron chi connectivity index (χ3n) is 1.66. The molecule has 1 rings (SSSR count). The summed E-state index contributed by atoms with van der Waals surface area (Å²) in [6.07, 6.45) is -1.52. The van der Waals surface area contributed by atoms with Crippen LogP contribution in [-0.2, 0) is 6.42 Å². The molecule has 0 aliphatic rings. The Labute approximate surface area is 79.9 Å². The molecule has 1 aromatic heterocycles. The van der Waals surface area contributed by atoms with Crippen molar-refractivity contribution in [1.29, 1.82) is 5.26 Å². The number of nitriles is 1. The first-order chi connectivity index (χ1) is 6.69. The standard InChI is InChI=1S/C9H8F2N2O/c1-14-9-6(2-3-12)4-7(5-13-9)8(10)11/h4-5,8H,2H2,1H3. The SMILES string of the molecule is COc1ncc(C(F)F)cc1CC#N. The first-order valence-corrected chi connectivity index (χ1v) is 3.87. The number of nitrogens with zero attached hydrogens (tertiary/aromatic N) is 2. The molecule has 0 saturated heterocycles. The number of methoxy groups -OCH3 is 1. The van der Waals surface area contributed by atoms with E-state index in [-0.39, 0.29) is 17.9 Å². The Kier molecular flexibility index (Phi) is 3.35. The summed E-state index contributed by atoms with van der Waals surface area (Å²) in [6.45, 7) is 0. The lowest BCUT2D eigenvalue weighted by atomic mass is 10.1. The summed E-state index contributed by atoms with van der Waals surface area (Å²) in [7, 11) is 1.38. The van der Waals surface area contributed by atoms with Crippen LogP contribution in [-0.4, -0.2) is 12.1 Å². The molecule has 0 unspecified atom stereocenters. The molecule has 0 bridgehead atoms. The topological polar surface area (TPSA) is 45.9 Å². The largest absolute Gasteiger partial charge is 0.481 e. The van der Waals surface area contributed by atoms with E-state index in [9.17, 15) is 8.78 Å². The molecule has 0 fully saturated rings. The third kappa shape index (κ3) is 2.16. The van der Waals surface area contributed by atoms with Crippen molar-refractivity contribution in [1.82, 2.24) is 4.98 Å². The van der Waals surface area contributed by atoms with E-state index in [1.165, 1.54) is 13.2 Å². The average molecular weight is 198 g/mol. The fourth-order valence-electron chi connectivity index (χ4n) is 1.03. The maximum Gasteiger partial charge on any atom is 0.265 e. The lowest BCUT2D eigenvalue weighted by molar-refractivity contribution is 0.150. The van der Waals surface area contributed by atoms with Crippen LogP contribution in [0.2, 0.25) is 0 Å². The van der Waals surface area contributed by atoms with Crippen molar-refractivity contribution < 1.29 is 13.5 Å². The molecule has 1 aromatic rings. The van der Waals surface area contributed by atoms with Gasteiger partial charge in [-0.05, 0) is 6.07 Å². The van der Waals surface area contributed by atoms with Gasteiger partial charge in [0.25, 0.3) is 6.43 Å². The summed E-state index contributed by atoms with van der Waals surface area (Å²) in [6, 6.07) is 3.10. The summed E-state index contributed by atoms with van der Waals surface area (Å²) in [5, 5.41) is 8.45. The third-order valence-corrected chi connectivity index (χ3v) is 1.66. The van der Waals surface area contributed by atoms with Gasteiger partial charge in [0, 0.05) is 17.3 Å². The van der Waals surface area contributed by atoms with E-state index in [1.807, 2.05) is 6.07 Å². The van der Waals surface area contributed by atoms with Crippen molar-refractivity contribution >= 4 is 0 Å². The zero-order chi connectivity index (χ0) is 10.6. The lowest BCUT2D eigenvalue weighted by Crippen LogP contribution is -1.97. The molecular formula is C9H8F2N2O. The summed E-state index contributed by atoms with van der Waals surface area (Å²) < 4.78 is 29.3. The molecule has 5 heteroatoms. The van der Waals surface area contributed by atoms with Crippen molar-refractivity contribution in [2.75, 3.05) is 7.11 Å². The number of ether oxygens (including phenoxy) is 1. The Bertz CT molecular complexity index is 360. The highest BCUT2D eigenvalue weighted by Gasteiger charge is 2.11. The molecule has 0 saturated carbocycles. The summed E-state index contributed by atoms with van der Waals surface area (Å²) >= 11 is 0. The van der Waals surface area contributed by atoms with Crippen LogP contribution in [0.25, 0.3) is 0 Å². The number of hydrogen-bond acceptors (Lipinski definition) is 3. The highest BCUT2D eigenvalue weighted by Crippen LogP contribution is 2.23. The van der Waals surface area contributed by atoms with Crippen molar-refractivity contribution in [3.05, 3.63) is 23.4 Å². The average Bonchev–Trinajstić information content (AvgIpc) is 2.18. The normalized spacial score (nSPS) is 9.93. The van der Waals surface area contributed by atoms with E-state index >= 15 is 0 Å². The Morgan fingerprint density at radius 2 is 2.36 bits per heavy atom. The quantitative estimate of drug-likeness (QED) is 0.747. The first kappa shape index (κ1) is 10.4. The second kappa shape index (κ2) is 4.51. The second-order valence-electron chi connectivity index (χ2n) is 2.57. The van der Waals surface area contributed by atoms with Gasteiger partial charge in [-0.2, -0.15) is 5.26 Å². The van der Waals surface area contributed by atoms with Crippen LogP contribution in [0, 0.1) is 11.3 Å². The van der Waals surface area contributed by atoms with Crippen LogP contribution in [0.15, 0.2) is 12.3 Å². The number of aromatic nitrogens is 1. The van der Waals surface area contributed by atoms with E-state index in [0.717, 1.165) is 6.20 Å². The summed E-state index contributed by atoms with van der Waals surface area (Å²) in [5.74, 6) is 0.218. The minimum atomic E-state index is -2.58. The highest BCUT2D eigenvalue weighted by molar-refractivity contribution is 5.32. The van der Waals surface area contributed by atoms with Crippen molar-refractivity contribution in [3.8, 4) is 11.9 Å². The molecule has 14 heavy (non-hydrogen) atoms. The number of halogens is 2. The van der Waals surface area contributed by atoms with Gasteiger partial charge in [0.15, 0.2) is 0 Å². The van der Waals surface area contributed by atoms with Gasteiger partial charge in [0.2, 0.25) is 5.88 Å². The molecular weight excluding hydrogens is 190 g/mol. The Balaban J connectivity index is 3.08. The van der Waals surface area contributed by atoms with E-state index in [1.54, 1.807) is 0 Å². The van der Waals surface area contributed by atoms with Gasteiger partial charge < -0.3 is 4.74 Å². The van der Waals surface area contributed by atoms with Crippen LogP contribution >= 0.6 is 0 Å². The van der Waals surface area contributed by atoms with Crippen LogP contribution < -0.4 is 4.74 Å². The summed E-state index contributed by atoms with van der Waals surface area (Å²) in [5.41, 5.74) is 0.184. The molecule has 0 spiro atoms. The minimum Gasteiger partial charge on any atom is -0.481 e. The zero-order valence-electron chi connectivity index (χ0n) is 7.50. The number of rotatable bonds is 3. The maximum absolute atomic E-state index is 12.3.